The molecule has 1 atom stereocenters. The van der Waals surface area contributed by atoms with Crippen LogP contribution in [0.5, 0.6) is 0 Å². The summed E-state index contributed by atoms with van der Waals surface area (Å²) in [4.78, 5) is 0. The molecule has 0 fully saturated rings. The molecule has 0 aliphatic carbocycles. The number of anilines is 1. The van der Waals surface area contributed by atoms with Crippen molar-refractivity contribution in [1.29, 1.82) is 0 Å². The van der Waals surface area contributed by atoms with Crippen molar-refractivity contribution in [3.8, 4) is 0 Å². The molecule has 0 aliphatic rings. The van der Waals surface area contributed by atoms with E-state index in [1.54, 1.807) is 12.3 Å². The van der Waals surface area contributed by atoms with Gasteiger partial charge in [-0.05, 0) is 6.42 Å². The number of rotatable bonds is 7. The average molecular weight is 431 g/mol. The second-order valence-corrected chi connectivity index (χ2v) is 6.90. The topological polar surface area (TPSA) is 24.1 Å². The number of allylic oxidation sites excluding steroid dienone is 2. The fraction of sp³-hybridized carbons (Fsp3) is 0.292. The van der Waals surface area contributed by atoms with Crippen molar-refractivity contribution >= 4 is 30.3 Å². The molecule has 2 aromatic carbocycles. The van der Waals surface area contributed by atoms with Crippen molar-refractivity contribution in [3.63, 3.8) is 0 Å². The second-order valence-electron chi connectivity index (χ2n) is 6.90. The maximum atomic E-state index is 12.9. The van der Waals surface area contributed by atoms with E-state index in [2.05, 4.69) is 10.6 Å². The van der Waals surface area contributed by atoms with Crippen LogP contribution in [0.2, 0.25) is 0 Å². The van der Waals surface area contributed by atoms with Gasteiger partial charge in [-0.15, -0.1) is 0 Å². The monoisotopic (exact) mass is 431 g/mol. The van der Waals surface area contributed by atoms with Gasteiger partial charge in [-0.25, -0.2) is 13.2 Å². The molecule has 0 spiro atoms. The first-order valence-electron chi connectivity index (χ1n) is 9.90. The predicted octanol–water partition coefficient (Wildman–Crippen LogP) is 6.17. The molecule has 2 rings (SSSR count). The molecule has 0 amide bonds. The van der Waals surface area contributed by atoms with Crippen LogP contribution in [0.4, 0.5) is 23.2 Å². The molecule has 165 valence electrons. The Morgan fingerprint density at radius 3 is 2.19 bits per heavy atom. The van der Waals surface area contributed by atoms with Gasteiger partial charge in [-0.1, -0.05) is 19.1 Å². The summed E-state index contributed by atoms with van der Waals surface area (Å²) < 4.78 is 51.1. The van der Waals surface area contributed by atoms with Crippen LogP contribution in [0.3, 0.4) is 0 Å². The Morgan fingerprint density at radius 2 is 1.74 bits per heavy atom. The van der Waals surface area contributed by atoms with E-state index in [0.717, 1.165) is 22.4 Å². The van der Waals surface area contributed by atoms with Crippen LogP contribution in [0.1, 0.15) is 43.9 Å². The molecular weight excluding hydrogens is 403 g/mol. The van der Waals surface area contributed by atoms with Crippen LogP contribution in [-0.2, 0) is 0 Å². The summed E-state index contributed by atoms with van der Waals surface area (Å²) in [7, 11) is 7.74. The Hall–Kier alpha value is -2.83. The Labute approximate surface area is 183 Å². The average Bonchev–Trinajstić information content (AvgIpc) is 2.68. The number of hydrogen-bond acceptors (Lipinski definition) is 2. The summed E-state index contributed by atoms with van der Waals surface area (Å²) in [5, 5.41) is 5.72. The summed E-state index contributed by atoms with van der Waals surface area (Å²) >= 11 is 0. The van der Waals surface area contributed by atoms with Crippen LogP contribution in [0.25, 0.3) is 11.6 Å². The number of aryl methyl sites for hydroxylation is 1. The summed E-state index contributed by atoms with van der Waals surface area (Å²) in [6.07, 6.45) is 4.12. The molecule has 7 heteroatoms. The van der Waals surface area contributed by atoms with Gasteiger partial charge in [0.25, 0.3) is 0 Å². The Balaban J connectivity index is 0.000000327. The summed E-state index contributed by atoms with van der Waals surface area (Å²) in [5.74, 6) is -2.65. The van der Waals surface area contributed by atoms with Crippen molar-refractivity contribution in [2.45, 2.75) is 40.4 Å². The van der Waals surface area contributed by atoms with Gasteiger partial charge in [0.1, 0.15) is 17.5 Å². The number of nitrogens with one attached hydrogen (secondary N) is 2. The summed E-state index contributed by atoms with van der Waals surface area (Å²) in [6.45, 7) is 7.10. The number of hydrogen-bond donors (Lipinski definition) is 2. The SMILES string of the molecule is CCC=Cc1c(F)cc(F)cc1F.[B]=C(C)/C(=C\NC(C)F)c1ccc(NC)cc1C. The molecule has 2 nitrogen and oxygen atoms in total. The molecule has 1 unspecified atom stereocenters. The molecule has 0 aromatic heterocycles. The van der Waals surface area contributed by atoms with E-state index < -0.39 is 23.7 Å². The van der Waals surface area contributed by atoms with Crippen LogP contribution in [0, 0.1) is 24.4 Å². The number of halogens is 4. The zero-order valence-electron chi connectivity index (χ0n) is 18.5. The first kappa shape index (κ1) is 26.2. The van der Waals surface area contributed by atoms with E-state index in [0.29, 0.717) is 24.0 Å². The van der Waals surface area contributed by atoms with E-state index in [-0.39, 0.29) is 5.56 Å². The fourth-order valence-corrected chi connectivity index (χ4v) is 2.67. The van der Waals surface area contributed by atoms with Crippen molar-refractivity contribution in [3.05, 3.63) is 76.7 Å². The van der Waals surface area contributed by atoms with Gasteiger partial charge in [0.15, 0.2) is 0 Å². The maximum absolute atomic E-state index is 12.9. The summed E-state index contributed by atoms with van der Waals surface area (Å²) in [5.41, 5.74) is 4.41. The van der Waals surface area contributed by atoms with Gasteiger partial charge >= 0.3 is 109 Å². The molecular formula is C24H28BF4N2. The number of benzene rings is 2. The third-order valence-electron chi connectivity index (χ3n) is 4.25. The molecule has 0 saturated heterocycles. The van der Waals surface area contributed by atoms with Gasteiger partial charge in [0, 0.05) is 17.7 Å². The van der Waals surface area contributed by atoms with E-state index >= 15 is 0 Å². The van der Waals surface area contributed by atoms with Crippen molar-refractivity contribution in [2.75, 3.05) is 12.4 Å². The normalized spacial score (nSPS) is 12.2. The van der Waals surface area contributed by atoms with Crippen LogP contribution in [-0.4, -0.2) is 26.3 Å². The van der Waals surface area contributed by atoms with Crippen molar-refractivity contribution < 1.29 is 17.6 Å². The van der Waals surface area contributed by atoms with Crippen LogP contribution in [0.15, 0.2) is 42.6 Å². The zero-order valence-corrected chi connectivity index (χ0v) is 18.5. The van der Waals surface area contributed by atoms with E-state index in [1.165, 1.54) is 13.0 Å². The zero-order chi connectivity index (χ0) is 23.6. The molecule has 0 aliphatic heterocycles. The molecule has 0 bridgehead atoms. The predicted molar refractivity (Wildman–Crippen MR) is 124 cm³/mol. The minimum absolute atomic E-state index is 0.191. The minimum atomic E-state index is -1.10. The van der Waals surface area contributed by atoms with Gasteiger partial charge in [-0.3, -0.25) is 0 Å². The van der Waals surface area contributed by atoms with Crippen molar-refractivity contribution in [1.82, 2.24) is 5.32 Å². The Kier molecular flexibility index (Phi) is 10.8. The van der Waals surface area contributed by atoms with E-state index in [9.17, 15) is 17.6 Å². The molecule has 31 heavy (non-hydrogen) atoms. The van der Waals surface area contributed by atoms with E-state index in [4.69, 9.17) is 7.49 Å². The van der Waals surface area contributed by atoms with Crippen LogP contribution < -0.4 is 10.6 Å². The van der Waals surface area contributed by atoms with Crippen molar-refractivity contribution in [2.24, 2.45) is 0 Å². The first-order chi connectivity index (χ1) is 14.6. The molecule has 0 heterocycles. The number of alkyl halides is 1. The second kappa shape index (κ2) is 12.8. The van der Waals surface area contributed by atoms with Gasteiger partial charge in [0.05, 0.1) is 0 Å². The molecule has 2 aromatic rings. The molecule has 2 N–H and O–H groups in total. The molecule has 0 saturated carbocycles. The Morgan fingerprint density at radius 1 is 1.13 bits per heavy atom. The summed E-state index contributed by atoms with van der Waals surface area (Å²) in [6, 6.07) is 7.31. The third kappa shape index (κ3) is 8.44. The molecule has 1 radical (unpaired) electrons. The van der Waals surface area contributed by atoms with E-state index in [1.807, 2.05) is 46.0 Å². The standard InChI is InChI=1S/C14H19BFN2.C10H9F3/c1-9-7-12(17-4)5-6-13(9)14(10(2)15)8-18-11(3)16;1-2-3-4-8-9(12)5-7(11)6-10(8)13/h5-8,11,17-18H,1-4H3;3-6H,2H2,1H3/b14-8+;. The van der Waals surface area contributed by atoms with Gasteiger partial charge < -0.3 is 0 Å². The van der Waals surface area contributed by atoms with Gasteiger partial charge in [0.2, 0.25) is 0 Å². The Bertz CT molecular complexity index is 930. The van der Waals surface area contributed by atoms with Crippen LogP contribution >= 0.6 is 0 Å². The first-order valence-corrected chi connectivity index (χ1v) is 9.90. The third-order valence-corrected chi connectivity index (χ3v) is 4.25. The fourth-order valence-electron chi connectivity index (χ4n) is 2.67. The quantitative estimate of drug-likeness (QED) is 0.311. The van der Waals surface area contributed by atoms with Gasteiger partial charge in [-0.2, -0.15) is 0 Å².